The van der Waals surface area contributed by atoms with Crippen LogP contribution in [0.1, 0.15) is 60.0 Å². The lowest BCUT2D eigenvalue weighted by molar-refractivity contribution is -0.102. The van der Waals surface area contributed by atoms with Gasteiger partial charge in [0.25, 0.3) is 5.91 Å². The van der Waals surface area contributed by atoms with Crippen LogP contribution in [0.15, 0.2) is 54.6 Å². The highest BCUT2D eigenvalue weighted by atomic mass is 16.2. The smallest absolute Gasteiger partial charge is 0.254 e. The second kappa shape index (κ2) is 6.50. The highest BCUT2D eigenvalue weighted by Gasteiger charge is 2.76. The van der Waals surface area contributed by atoms with E-state index in [4.69, 9.17) is 0 Å². The molecule has 2 saturated heterocycles. The van der Waals surface area contributed by atoms with Gasteiger partial charge in [-0.05, 0) is 97.9 Å². The summed E-state index contributed by atoms with van der Waals surface area (Å²) in [6, 6.07) is 20.6. The van der Waals surface area contributed by atoms with Crippen molar-refractivity contribution in [3.63, 3.8) is 0 Å². The summed E-state index contributed by atoms with van der Waals surface area (Å²) in [4.78, 5) is 18.9. The van der Waals surface area contributed by atoms with Gasteiger partial charge in [-0.25, -0.2) is 0 Å². The molecule has 2 heterocycles. The van der Waals surface area contributed by atoms with Gasteiger partial charge in [0.15, 0.2) is 0 Å². The Kier molecular flexibility index (Phi) is 3.79. The van der Waals surface area contributed by atoms with Crippen molar-refractivity contribution >= 4 is 5.91 Å². The normalized spacial score (nSPS) is 40.4. The van der Waals surface area contributed by atoms with Crippen LogP contribution < -0.4 is 0 Å². The second-order valence-electron chi connectivity index (χ2n) is 12.1. The lowest BCUT2D eigenvalue weighted by atomic mass is 9.43. The van der Waals surface area contributed by atoms with E-state index in [0.29, 0.717) is 29.3 Å². The first-order valence-electron chi connectivity index (χ1n) is 13.4. The van der Waals surface area contributed by atoms with E-state index in [1.54, 1.807) is 11.1 Å². The average Bonchev–Trinajstić information content (AvgIpc) is 3.54. The Hall–Kier alpha value is -2.13. The molecule has 0 N–H and O–H groups in total. The molecule has 3 nitrogen and oxygen atoms in total. The number of nitrogens with zero attached hydrogens (tertiary/aromatic N) is 2. The Morgan fingerprint density at radius 1 is 0.970 bits per heavy atom. The second-order valence-corrected chi connectivity index (χ2v) is 12.1. The van der Waals surface area contributed by atoms with Gasteiger partial charge >= 0.3 is 0 Å². The first kappa shape index (κ1) is 19.2. The topological polar surface area (TPSA) is 23.6 Å². The van der Waals surface area contributed by atoms with Crippen molar-refractivity contribution in [3.8, 4) is 0 Å². The van der Waals surface area contributed by atoms with Crippen LogP contribution in [-0.2, 0) is 11.8 Å². The van der Waals surface area contributed by atoms with Gasteiger partial charge in [-0.1, -0.05) is 42.5 Å². The third-order valence-electron chi connectivity index (χ3n) is 11.0. The van der Waals surface area contributed by atoms with Crippen LogP contribution in [0.2, 0.25) is 0 Å². The van der Waals surface area contributed by atoms with Crippen molar-refractivity contribution in [1.29, 1.82) is 0 Å². The van der Waals surface area contributed by atoms with Crippen LogP contribution >= 0.6 is 0 Å². The number of carbonyl (C=O) groups excluding carboxylic acids is 1. The molecule has 170 valence electrons. The lowest BCUT2D eigenvalue weighted by Gasteiger charge is -2.66. The number of amides is 1. The Morgan fingerprint density at radius 3 is 2.64 bits per heavy atom. The maximum Gasteiger partial charge on any atom is 0.254 e. The summed E-state index contributed by atoms with van der Waals surface area (Å²) in [7, 11) is 0. The van der Waals surface area contributed by atoms with Crippen molar-refractivity contribution in [2.24, 2.45) is 23.2 Å². The van der Waals surface area contributed by atoms with Crippen molar-refractivity contribution in [2.45, 2.75) is 62.4 Å². The van der Waals surface area contributed by atoms with E-state index in [-0.39, 0.29) is 11.3 Å². The highest BCUT2D eigenvalue weighted by Crippen LogP contribution is 2.75. The maximum atomic E-state index is 13.6. The minimum absolute atomic E-state index is 0.269. The fraction of sp³-hybridized carbons (Fsp3) is 0.567. The minimum atomic E-state index is 0.269. The summed E-state index contributed by atoms with van der Waals surface area (Å²) in [5.74, 6) is 2.54. The summed E-state index contributed by atoms with van der Waals surface area (Å²) in [6.45, 7) is 3.58. The van der Waals surface area contributed by atoms with Crippen LogP contribution in [0.5, 0.6) is 0 Å². The van der Waals surface area contributed by atoms with Crippen LogP contribution in [0.25, 0.3) is 0 Å². The summed E-state index contributed by atoms with van der Waals surface area (Å²) >= 11 is 0. The molecular formula is C30H34N2O. The molecule has 0 spiro atoms. The Bertz CT molecular complexity index is 1130. The largest absolute Gasteiger partial charge is 0.335 e. The molecule has 33 heavy (non-hydrogen) atoms. The van der Waals surface area contributed by atoms with E-state index in [1.165, 1.54) is 58.0 Å². The van der Waals surface area contributed by atoms with Crippen molar-refractivity contribution in [1.82, 2.24) is 9.80 Å². The fourth-order valence-electron chi connectivity index (χ4n) is 9.90. The molecule has 3 saturated carbocycles. The Balaban J connectivity index is 1.24. The van der Waals surface area contributed by atoms with Crippen LogP contribution in [0.4, 0.5) is 0 Å². The number of benzene rings is 2. The van der Waals surface area contributed by atoms with Gasteiger partial charge in [0.1, 0.15) is 0 Å². The van der Waals surface area contributed by atoms with Gasteiger partial charge in [0.05, 0.1) is 0 Å². The van der Waals surface area contributed by atoms with E-state index in [0.717, 1.165) is 18.0 Å². The summed E-state index contributed by atoms with van der Waals surface area (Å²) < 4.78 is 0. The van der Waals surface area contributed by atoms with Gasteiger partial charge in [-0.15, -0.1) is 0 Å². The third-order valence-corrected chi connectivity index (χ3v) is 11.0. The van der Waals surface area contributed by atoms with E-state index in [1.807, 2.05) is 30.3 Å². The molecule has 0 radical (unpaired) electrons. The third kappa shape index (κ3) is 2.33. The number of carbonyl (C=O) groups is 1. The first-order chi connectivity index (χ1) is 16.2. The molecule has 6 aliphatic rings. The number of fused-ring (bicyclic) bond motifs is 1. The number of hydrogen-bond donors (Lipinski definition) is 0. The number of piperidine rings is 1. The molecule has 3 heteroatoms. The zero-order chi connectivity index (χ0) is 21.8. The van der Waals surface area contributed by atoms with Gasteiger partial charge in [0.2, 0.25) is 0 Å². The molecule has 0 aromatic heterocycles. The molecule has 4 aliphatic carbocycles. The standard InChI is InChI=1S/C30H34N2O/c33-28(21-6-2-1-3-7-21)32-19-23-17-29-13-12-25(32)27(23)30(29)14-15-31(18-20-10-11-20)26(29)16-22-8-4-5-9-24(22)30/h1-9,20,23,25-27H,10-19H2/t23-,25?,26-,27?,29-,30+/m1/s1. The number of likely N-dealkylation sites (tertiary alicyclic amines) is 2. The molecule has 2 unspecified atom stereocenters. The van der Waals surface area contributed by atoms with Gasteiger partial charge in [-0.2, -0.15) is 0 Å². The zero-order valence-electron chi connectivity index (χ0n) is 19.5. The SMILES string of the molecule is O=C(c1ccccc1)N1C[C@H]2C[C@@]34CCC1C2[C@@]31CCN(CC2CC2)[C@@H]4Cc2ccccc21. The van der Waals surface area contributed by atoms with Crippen LogP contribution in [0, 0.1) is 23.2 Å². The predicted molar refractivity (Wildman–Crippen MR) is 129 cm³/mol. The molecule has 4 bridgehead atoms. The average molecular weight is 439 g/mol. The maximum absolute atomic E-state index is 13.6. The van der Waals surface area contributed by atoms with E-state index < -0.39 is 0 Å². The molecule has 2 aromatic carbocycles. The van der Waals surface area contributed by atoms with Crippen molar-refractivity contribution in [3.05, 3.63) is 71.3 Å². The van der Waals surface area contributed by atoms with E-state index in [9.17, 15) is 4.79 Å². The van der Waals surface area contributed by atoms with Gasteiger partial charge in [0, 0.05) is 36.2 Å². The quantitative estimate of drug-likeness (QED) is 0.680. The molecular weight excluding hydrogens is 404 g/mol. The van der Waals surface area contributed by atoms with Crippen molar-refractivity contribution < 1.29 is 4.79 Å². The summed E-state index contributed by atoms with van der Waals surface area (Å²) in [5, 5.41) is 0. The van der Waals surface area contributed by atoms with E-state index >= 15 is 0 Å². The Morgan fingerprint density at radius 2 is 1.79 bits per heavy atom. The molecule has 2 aromatic rings. The molecule has 2 aliphatic heterocycles. The lowest BCUT2D eigenvalue weighted by Crippen LogP contribution is -2.69. The minimum Gasteiger partial charge on any atom is -0.335 e. The summed E-state index contributed by atoms with van der Waals surface area (Å²) in [5.41, 5.74) is 4.88. The Labute approximate surface area is 197 Å². The highest BCUT2D eigenvalue weighted by molar-refractivity contribution is 5.94. The van der Waals surface area contributed by atoms with E-state index in [2.05, 4.69) is 34.1 Å². The van der Waals surface area contributed by atoms with Crippen LogP contribution in [-0.4, -0.2) is 47.4 Å². The molecule has 5 fully saturated rings. The zero-order valence-corrected chi connectivity index (χ0v) is 19.5. The monoisotopic (exact) mass is 438 g/mol. The van der Waals surface area contributed by atoms with Gasteiger partial charge in [-0.3, -0.25) is 9.69 Å². The van der Waals surface area contributed by atoms with Crippen molar-refractivity contribution in [2.75, 3.05) is 19.6 Å². The molecule has 6 atom stereocenters. The molecule has 1 amide bonds. The number of rotatable bonds is 3. The number of hydrogen-bond acceptors (Lipinski definition) is 2. The fourth-order valence-corrected chi connectivity index (χ4v) is 9.90. The summed E-state index contributed by atoms with van der Waals surface area (Å²) in [6.07, 6.45) is 9.30. The molecule has 8 rings (SSSR count). The van der Waals surface area contributed by atoms with Gasteiger partial charge < -0.3 is 4.90 Å². The first-order valence-corrected chi connectivity index (χ1v) is 13.4. The predicted octanol–water partition coefficient (Wildman–Crippen LogP) is 4.91. The van der Waals surface area contributed by atoms with Crippen LogP contribution in [0.3, 0.4) is 0 Å².